The maximum absolute atomic E-state index is 5.13. The largest absolute Gasteiger partial charge is 0.298 e. The molecule has 2 heteroatoms. The first-order valence-electron chi connectivity index (χ1n) is 5.06. The molecule has 13 heavy (non-hydrogen) atoms. The number of hydrogen-bond donors (Lipinski definition) is 0. The standard InChI is InChI=1S/C11H16O2/c1-9-4-6-10(7-5-9)11-3-2-8-12-13-11/h2-3,8-10H,4-7H2,1H3. The van der Waals surface area contributed by atoms with E-state index in [1.165, 1.54) is 25.7 Å². The lowest BCUT2D eigenvalue weighted by molar-refractivity contribution is -0.223. The summed E-state index contributed by atoms with van der Waals surface area (Å²) in [5.41, 5.74) is 0. The Morgan fingerprint density at radius 1 is 1.23 bits per heavy atom. The molecule has 1 aliphatic heterocycles. The third-order valence-corrected chi connectivity index (χ3v) is 2.96. The van der Waals surface area contributed by atoms with E-state index in [2.05, 4.69) is 6.92 Å². The number of hydrogen-bond acceptors (Lipinski definition) is 2. The third-order valence-electron chi connectivity index (χ3n) is 2.96. The predicted molar refractivity (Wildman–Crippen MR) is 50.5 cm³/mol. The van der Waals surface area contributed by atoms with Crippen LogP contribution in [0.5, 0.6) is 0 Å². The second kappa shape index (κ2) is 3.86. The smallest absolute Gasteiger partial charge is 0.158 e. The van der Waals surface area contributed by atoms with Crippen molar-refractivity contribution in [3.63, 3.8) is 0 Å². The molecule has 0 bridgehead atoms. The number of rotatable bonds is 1. The molecule has 0 atom stereocenters. The van der Waals surface area contributed by atoms with Crippen LogP contribution in [-0.4, -0.2) is 0 Å². The van der Waals surface area contributed by atoms with Crippen LogP contribution in [0.3, 0.4) is 0 Å². The zero-order valence-electron chi connectivity index (χ0n) is 8.03. The molecular formula is C11H16O2. The van der Waals surface area contributed by atoms with Crippen molar-refractivity contribution in [3.05, 3.63) is 24.2 Å². The quantitative estimate of drug-likeness (QED) is 0.577. The lowest BCUT2D eigenvalue weighted by Gasteiger charge is -2.27. The summed E-state index contributed by atoms with van der Waals surface area (Å²) in [6.07, 6.45) is 10.6. The Labute approximate surface area is 79.2 Å². The molecule has 0 aromatic rings. The molecule has 0 amide bonds. The molecule has 0 N–H and O–H groups in total. The normalized spacial score (nSPS) is 33.2. The van der Waals surface area contributed by atoms with Gasteiger partial charge >= 0.3 is 0 Å². The Morgan fingerprint density at radius 2 is 2.00 bits per heavy atom. The van der Waals surface area contributed by atoms with E-state index in [1.54, 1.807) is 6.26 Å². The van der Waals surface area contributed by atoms with E-state index in [1.807, 2.05) is 12.2 Å². The van der Waals surface area contributed by atoms with Crippen LogP contribution in [0.4, 0.5) is 0 Å². The Morgan fingerprint density at radius 3 is 2.62 bits per heavy atom. The van der Waals surface area contributed by atoms with E-state index in [0.29, 0.717) is 5.92 Å². The molecule has 2 rings (SSSR count). The SMILES string of the molecule is CC1CCC(C2=CC=COO2)CC1. The van der Waals surface area contributed by atoms with Crippen molar-refractivity contribution >= 4 is 0 Å². The van der Waals surface area contributed by atoms with Crippen LogP contribution in [0.15, 0.2) is 24.2 Å². The Kier molecular flexibility index (Phi) is 2.57. The van der Waals surface area contributed by atoms with E-state index in [9.17, 15) is 0 Å². The van der Waals surface area contributed by atoms with Gasteiger partial charge in [0.1, 0.15) is 6.26 Å². The topological polar surface area (TPSA) is 18.5 Å². The van der Waals surface area contributed by atoms with Crippen LogP contribution in [0.1, 0.15) is 32.6 Å². The fourth-order valence-electron chi connectivity index (χ4n) is 2.03. The molecule has 2 nitrogen and oxygen atoms in total. The van der Waals surface area contributed by atoms with E-state index in [0.717, 1.165) is 11.7 Å². The molecule has 0 saturated heterocycles. The van der Waals surface area contributed by atoms with Crippen molar-refractivity contribution in [2.75, 3.05) is 0 Å². The summed E-state index contributed by atoms with van der Waals surface area (Å²) < 4.78 is 0. The second-order valence-electron chi connectivity index (χ2n) is 4.03. The lowest BCUT2D eigenvalue weighted by Crippen LogP contribution is -2.16. The summed E-state index contributed by atoms with van der Waals surface area (Å²) in [5.74, 6) is 2.48. The van der Waals surface area contributed by atoms with Crippen LogP contribution in [-0.2, 0) is 9.78 Å². The van der Waals surface area contributed by atoms with Gasteiger partial charge in [0.15, 0.2) is 5.76 Å². The summed E-state index contributed by atoms with van der Waals surface area (Å²) in [5, 5.41) is 0. The highest BCUT2D eigenvalue weighted by atomic mass is 17.2. The van der Waals surface area contributed by atoms with Crippen LogP contribution in [0, 0.1) is 11.8 Å². The summed E-state index contributed by atoms with van der Waals surface area (Å²) >= 11 is 0. The molecule has 0 aromatic carbocycles. The van der Waals surface area contributed by atoms with Crippen molar-refractivity contribution in [2.24, 2.45) is 11.8 Å². The van der Waals surface area contributed by atoms with Crippen LogP contribution >= 0.6 is 0 Å². The molecule has 72 valence electrons. The van der Waals surface area contributed by atoms with E-state index < -0.39 is 0 Å². The molecule has 0 spiro atoms. The molecule has 1 aliphatic carbocycles. The molecule has 1 fully saturated rings. The highest BCUT2D eigenvalue weighted by molar-refractivity contribution is 5.10. The van der Waals surface area contributed by atoms with Crippen molar-refractivity contribution in [1.29, 1.82) is 0 Å². The molecule has 0 unspecified atom stereocenters. The van der Waals surface area contributed by atoms with Crippen molar-refractivity contribution in [3.8, 4) is 0 Å². The minimum absolute atomic E-state index is 0.584. The summed E-state index contributed by atoms with van der Waals surface area (Å²) in [4.78, 5) is 9.94. The summed E-state index contributed by atoms with van der Waals surface area (Å²) in [7, 11) is 0. The molecule has 0 radical (unpaired) electrons. The highest BCUT2D eigenvalue weighted by Crippen LogP contribution is 2.34. The molecular weight excluding hydrogens is 164 g/mol. The first-order valence-corrected chi connectivity index (χ1v) is 5.06. The molecule has 0 aromatic heterocycles. The zero-order chi connectivity index (χ0) is 9.10. The van der Waals surface area contributed by atoms with Gasteiger partial charge in [-0.1, -0.05) is 19.8 Å². The second-order valence-corrected chi connectivity index (χ2v) is 4.03. The average Bonchev–Trinajstić information content (AvgIpc) is 2.20. The van der Waals surface area contributed by atoms with Gasteiger partial charge in [0.2, 0.25) is 0 Å². The Hall–Kier alpha value is -0.920. The predicted octanol–water partition coefficient (Wildman–Crippen LogP) is 3.17. The van der Waals surface area contributed by atoms with Crippen molar-refractivity contribution < 1.29 is 9.78 Å². The minimum Gasteiger partial charge on any atom is -0.298 e. The zero-order valence-corrected chi connectivity index (χ0v) is 8.03. The average molecular weight is 180 g/mol. The maximum Gasteiger partial charge on any atom is 0.158 e. The summed E-state index contributed by atoms with van der Waals surface area (Å²) in [6.45, 7) is 2.32. The van der Waals surface area contributed by atoms with Gasteiger partial charge in [0.05, 0.1) is 0 Å². The third kappa shape index (κ3) is 2.06. The minimum atomic E-state index is 0.584. The van der Waals surface area contributed by atoms with Gasteiger partial charge < -0.3 is 0 Å². The number of allylic oxidation sites excluding steroid dienone is 3. The van der Waals surface area contributed by atoms with Gasteiger partial charge in [-0.05, 0) is 30.9 Å². The lowest BCUT2D eigenvalue weighted by atomic mass is 9.82. The fourth-order valence-corrected chi connectivity index (χ4v) is 2.03. The van der Waals surface area contributed by atoms with Gasteiger partial charge in [-0.15, -0.1) is 0 Å². The molecule has 2 aliphatic rings. The molecule has 1 heterocycles. The van der Waals surface area contributed by atoms with Gasteiger partial charge in [-0.2, -0.15) is 0 Å². The van der Waals surface area contributed by atoms with Crippen LogP contribution < -0.4 is 0 Å². The van der Waals surface area contributed by atoms with Gasteiger partial charge in [0, 0.05) is 5.92 Å². The maximum atomic E-state index is 5.13. The van der Waals surface area contributed by atoms with Crippen LogP contribution in [0.25, 0.3) is 0 Å². The Bertz CT molecular complexity index is 222. The van der Waals surface area contributed by atoms with Gasteiger partial charge in [-0.3, -0.25) is 9.78 Å². The summed E-state index contributed by atoms with van der Waals surface area (Å²) in [6, 6.07) is 0. The van der Waals surface area contributed by atoms with Gasteiger partial charge in [-0.25, -0.2) is 0 Å². The van der Waals surface area contributed by atoms with Crippen molar-refractivity contribution in [2.45, 2.75) is 32.6 Å². The molecule has 1 saturated carbocycles. The van der Waals surface area contributed by atoms with Crippen molar-refractivity contribution in [1.82, 2.24) is 0 Å². The highest BCUT2D eigenvalue weighted by Gasteiger charge is 2.23. The van der Waals surface area contributed by atoms with E-state index in [4.69, 9.17) is 9.78 Å². The van der Waals surface area contributed by atoms with E-state index in [-0.39, 0.29) is 0 Å². The first-order chi connectivity index (χ1) is 6.36. The first kappa shape index (κ1) is 8.67. The Balaban J connectivity index is 1.93. The van der Waals surface area contributed by atoms with E-state index >= 15 is 0 Å². The van der Waals surface area contributed by atoms with Crippen LogP contribution in [0.2, 0.25) is 0 Å². The fraction of sp³-hybridized carbons (Fsp3) is 0.636. The monoisotopic (exact) mass is 180 g/mol. The van der Waals surface area contributed by atoms with Gasteiger partial charge in [0.25, 0.3) is 0 Å².